The second-order valence-corrected chi connectivity index (χ2v) is 7.65. The van der Waals surface area contributed by atoms with Gasteiger partial charge in [-0.05, 0) is 23.8 Å². The molecule has 1 N–H and O–H groups in total. The van der Waals surface area contributed by atoms with Crippen LogP contribution < -0.4 is 10.2 Å². The summed E-state index contributed by atoms with van der Waals surface area (Å²) in [4.78, 5) is 13.4. The number of guanidine groups is 1. The summed E-state index contributed by atoms with van der Waals surface area (Å²) in [6, 6.07) is 4.89. The van der Waals surface area contributed by atoms with E-state index in [1.54, 1.807) is 7.05 Å². The van der Waals surface area contributed by atoms with Crippen LogP contribution in [-0.4, -0.2) is 53.4 Å². The first-order valence-electron chi connectivity index (χ1n) is 8.57. The van der Waals surface area contributed by atoms with Crippen molar-refractivity contribution in [2.24, 2.45) is 4.99 Å². The van der Waals surface area contributed by atoms with Gasteiger partial charge in [0, 0.05) is 62.2 Å². The minimum absolute atomic E-state index is 0.247. The molecular formula is C17H22BrFN6S. The lowest BCUT2D eigenvalue weighted by molar-refractivity contribution is 0.372. The molecule has 0 spiro atoms. The Hall–Kier alpha value is -1.74. The number of nitrogens with zero attached hydrogens (tertiary/aromatic N) is 5. The molecule has 9 heteroatoms. The van der Waals surface area contributed by atoms with Crippen molar-refractivity contribution in [1.29, 1.82) is 0 Å². The third kappa shape index (κ3) is 4.70. The first kappa shape index (κ1) is 19.0. The van der Waals surface area contributed by atoms with Crippen LogP contribution in [0.3, 0.4) is 0 Å². The van der Waals surface area contributed by atoms with Crippen LogP contribution in [0.1, 0.15) is 18.3 Å². The molecule has 0 radical (unpaired) electrons. The molecule has 1 saturated heterocycles. The highest BCUT2D eigenvalue weighted by molar-refractivity contribution is 9.10. The van der Waals surface area contributed by atoms with Crippen LogP contribution in [0.15, 0.2) is 27.7 Å². The van der Waals surface area contributed by atoms with Crippen molar-refractivity contribution in [2.45, 2.75) is 19.9 Å². The number of aliphatic imine (C=N–C) groups is 1. The fraction of sp³-hybridized carbons (Fsp3) is 0.471. The van der Waals surface area contributed by atoms with Crippen LogP contribution in [0.4, 0.5) is 9.52 Å². The van der Waals surface area contributed by atoms with Gasteiger partial charge >= 0.3 is 0 Å². The minimum Gasteiger partial charge on any atom is -0.352 e. The van der Waals surface area contributed by atoms with Gasteiger partial charge in [0.1, 0.15) is 11.6 Å². The molecule has 0 atom stereocenters. The first-order valence-corrected chi connectivity index (χ1v) is 10.1. The molecule has 0 unspecified atom stereocenters. The number of anilines is 1. The van der Waals surface area contributed by atoms with Crippen molar-refractivity contribution in [2.75, 3.05) is 38.1 Å². The summed E-state index contributed by atoms with van der Waals surface area (Å²) in [5.74, 6) is 1.49. The molecule has 3 rings (SSSR count). The monoisotopic (exact) mass is 440 g/mol. The fourth-order valence-corrected chi connectivity index (χ4v) is 4.17. The molecule has 0 amide bonds. The molecule has 0 bridgehead atoms. The van der Waals surface area contributed by atoms with Crippen molar-refractivity contribution in [3.63, 3.8) is 0 Å². The lowest BCUT2D eigenvalue weighted by Crippen LogP contribution is -2.52. The molecule has 1 aromatic carbocycles. The Balaban J connectivity index is 1.55. The molecule has 0 saturated carbocycles. The Morgan fingerprint density at radius 3 is 2.69 bits per heavy atom. The van der Waals surface area contributed by atoms with Gasteiger partial charge in [-0.15, -0.1) is 0 Å². The molecule has 140 valence electrons. The SMILES string of the molecule is CCc1nsc(N2CCN(C(=NC)NCc3cc(F)cc(Br)c3)CC2)n1. The normalized spacial score (nSPS) is 15.5. The number of benzene rings is 1. The summed E-state index contributed by atoms with van der Waals surface area (Å²) in [7, 11) is 1.77. The summed E-state index contributed by atoms with van der Waals surface area (Å²) < 4.78 is 18.6. The third-order valence-corrected chi connectivity index (χ3v) is 5.48. The lowest BCUT2D eigenvalue weighted by Gasteiger charge is -2.36. The Bertz CT molecular complexity index is 752. The Morgan fingerprint density at radius 1 is 1.31 bits per heavy atom. The second kappa shape index (κ2) is 8.77. The fourth-order valence-electron chi connectivity index (χ4n) is 2.85. The van der Waals surface area contributed by atoms with Gasteiger partial charge in [0.05, 0.1) is 0 Å². The highest BCUT2D eigenvalue weighted by Crippen LogP contribution is 2.19. The van der Waals surface area contributed by atoms with Gasteiger partial charge in [-0.2, -0.15) is 4.37 Å². The van der Waals surface area contributed by atoms with Gasteiger partial charge in [0.15, 0.2) is 5.96 Å². The smallest absolute Gasteiger partial charge is 0.205 e. The van der Waals surface area contributed by atoms with Gasteiger partial charge in [-0.3, -0.25) is 4.99 Å². The van der Waals surface area contributed by atoms with Crippen molar-refractivity contribution in [1.82, 2.24) is 19.6 Å². The average molecular weight is 441 g/mol. The molecule has 2 aromatic rings. The van der Waals surface area contributed by atoms with E-state index in [4.69, 9.17) is 0 Å². The predicted octanol–water partition coefficient (Wildman–Crippen LogP) is 2.90. The standard InChI is InChI=1S/C17H22BrFN6S/c1-3-15-22-17(26-23-15)25-6-4-24(5-7-25)16(20-2)21-11-12-8-13(18)10-14(19)9-12/h8-10H,3-7,11H2,1-2H3,(H,20,21). The molecule has 1 fully saturated rings. The number of rotatable bonds is 4. The van der Waals surface area contributed by atoms with Crippen molar-refractivity contribution < 1.29 is 4.39 Å². The molecule has 6 nitrogen and oxygen atoms in total. The zero-order valence-electron chi connectivity index (χ0n) is 14.9. The van der Waals surface area contributed by atoms with Crippen LogP contribution in [0.5, 0.6) is 0 Å². The summed E-state index contributed by atoms with van der Waals surface area (Å²) in [5.41, 5.74) is 0.873. The van der Waals surface area contributed by atoms with Crippen LogP contribution >= 0.6 is 27.5 Å². The molecule has 1 aliphatic rings. The molecule has 1 aromatic heterocycles. The van der Waals surface area contributed by atoms with Gasteiger partial charge in [-0.1, -0.05) is 22.9 Å². The van der Waals surface area contributed by atoms with E-state index in [1.807, 2.05) is 6.07 Å². The number of aryl methyl sites for hydroxylation is 1. The maximum absolute atomic E-state index is 13.5. The quantitative estimate of drug-likeness (QED) is 0.584. The molecule has 26 heavy (non-hydrogen) atoms. The van der Waals surface area contributed by atoms with Crippen LogP contribution in [0.2, 0.25) is 0 Å². The van der Waals surface area contributed by atoms with E-state index in [2.05, 4.69) is 52.3 Å². The van der Waals surface area contributed by atoms with E-state index in [-0.39, 0.29) is 5.82 Å². The molecule has 0 aliphatic carbocycles. The van der Waals surface area contributed by atoms with Crippen LogP contribution in [0, 0.1) is 5.82 Å². The molecule has 2 heterocycles. The Morgan fingerprint density at radius 2 is 2.08 bits per heavy atom. The number of hydrogen-bond acceptors (Lipinski definition) is 5. The van der Waals surface area contributed by atoms with Gasteiger partial charge in [-0.25, -0.2) is 9.37 Å². The number of hydrogen-bond donors (Lipinski definition) is 1. The van der Waals surface area contributed by atoms with Crippen LogP contribution in [0.25, 0.3) is 0 Å². The minimum atomic E-state index is -0.247. The summed E-state index contributed by atoms with van der Waals surface area (Å²) >= 11 is 4.79. The molecular weight excluding hydrogens is 419 g/mol. The second-order valence-electron chi connectivity index (χ2n) is 6.00. The Labute approximate surface area is 165 Å². The summed E-state index contributed by atoms with van der Waals surface area (Å²) in [6.45, 7) is 6.06. The number of aromatic nitrogens is 2. The largest absolute Gasteiger partial charge is 0.352 e. The van der Waals surface area contributed by atoms with E-state index < -0.39 is 0 Å². The zero-order chi connectivity index (χ0) is 18.5. The lowest BCUT2D eigenvalue weighted by atomic mass is 10.2. The predicted molar refractivity (Wildman–Crippen MR) is 107 cm³/mol. The van der Waals surface area contributed by atoms with E-state index in [0.29, 0.717) is 6.54 Å². The maximum atomic E-state index is 13.5. The number of piperazine rings is 1. The Kier molecular flexibility index (Phi) is 6.42. The summed E-state index contributed by atoms with van der Waals surface area (Å²) in [5, 5.41) is 4.32. The van der Waals surface area contributed by atoms with Crippen LogP contribution in [-0.2, 0) is 13.0 Å². The van der Waals surface area contributed by atoms with Gasteiger partial charge < -0.3 is 15.1 Å². The van der Waals surface area contributed by atoms with Gasteiger partial charge in [0.25, 0.3) is 0 Å². The number of nitrogens with one attached hydrogen (secondary N) is 1. The van der Waals surface area contributed by atoms with Gasteiger partial charge in [0.2, 0.25) is 5.13 Å². The van der Waals surface area contributed by atoms with E-state index in [1.165, 1.54) is 23.7 Å². The highest BCUT2D eigenvalue weighted by Gasteiger charge is 2.22. The third-order valence-electron chi connectivity index (χ3n) is 4.21. The van der Waals surface area contributed by atoms with E-state index in [0.717, 1.165) is 59.6 Å². The maximum Gasteiger partial charge on any atom is 0.205 e. The van der Waals surface area contributed by atoms with Crippen molar-refractivity contribution in [3.8, 4) is 0 Å². The van der Waals surface area contributed by atoms with Crippen molar-refractivity contribution >= 4 is 38.6 Å². The first-order chi connectivity index (χ1) is 12.6. The summed E-state index contributed by atoms with van der Waals surface area (Å²) in [6.07, 6.45) is 0.864. The van der Waals surface area contributed by atoms with E-state index in [9.17, 15) is 4.39 Å². The average Bonchev–Trinajstić information content (AvgIpc) is 3.11. The van der Waals surface area contributed by atoms with E-state index >= 15 is 0 Å². The van der Waals surface area contributed by atoms with Crippen molar-refractivity contribution in [3.05, 3.63) is 39.9 Å². The molecule has 1 aliphatic heterocycles. The highest BCUT2D eigenvalue weighted by atomic mass is 79.9. The topological polar surface area (TPSA) is 56.7 Å². The number of halogens is 2. The zero-order valence-corrected chi connectivity index (χ0v) is 17.3.